The van der Waals surface area contributed by atoms with Crippen LogP contribution in [0.5, 0.6) is 0 Å². The van der Waals surface area contributed by atoms with Crippen LogP contribution in [0.3, 0.4) is 0 Å². The van der Waals surface area contributed by atoms with Gasteiger partial charge in [-0.15, -0.1) is 0 Å². The maximum absolute atomic E-state index is 3.58. The normalized spacial score (nSPS) is 14.6. The molecule has 2 nitrogen and oxygen atoms in total. The summed E-state index contributed by atoms with van der Waals surface area (Å²) in [6, 6.07) is 19.4. The first-order valence-corrected chi connectivity index (χ1v) is 10.3. The second kappa shape index (κ2) is 11.3. The molecule has 2 aromatic carbocycles. The van der Waals surface area contributed by atoms with Crippen LogP contribution in [0.4, 0.5) is 5.69 Å². The van der Waals surface area contributed by atoms with Gasteiger partial charge in [0.25, 0.3) is 0 Å². The molecule has 0 radical (unpaired) electrons. The Labute approximate surface area is 165 Å². The van der Waals surface area contributed by atoms with Crippen LogP contribution in [-0.4, -0.2) is 18.5 Å². The van der Waals surface area contributed by atoms with E-state index in [1.807, 2.05) is 13.8 Å². The van der Waals surface area contributed by atoms with Gasteiger partial charge in [-0.1, -0.05) is 69.3 Å². The number of benzene rings is 2. The van der Waals surface area contributed by atoms with Crippen LogP contribution in [0.25, 0.3) is 11.3 Å². The van der Waals surface area contributed by atoms with E-state index in [4.69, 9.17) is 0 Å². The molecule has 1 aliphatic rings. The van der Waals surface area contributed by atoms with Gasteiger partial charge in [0.1, 0.15) is 0 Å². The number of rotatable bonds is 5. The lowest BCUT2D eigenvalue weighted by Crippen LogP contribution is -2.10. The summed E-state index contributed by atoms with van der Waals surface area (Å²) in [6.07, 6.45) is 9.27. The van der Waals surface area contributed by atoms with E-state index < -0.39 is 0 Å². The van der Waals surface area contributed by atoms with E-state index in [0.717, 1.165) is 18.7 Å². The Bertz CT molecular complexity index is 727. The zero-order valence-electron chi connectivity index (χ0n) is 17.3. The van der Waals surface area contributed by atoms with E-state index >= 15 is 0 Å². The predicted octanol–water partition coefficient (Wildman–Crippen LogP) is 7.03. The van der Waals surface area contributed by atoms with Gasteiger partial charge >= 0.3 is 0 Å². The Morgan fingerprint density at radius 1 is 1.00 bits per heavy atom. The van der Waals surface area contributed by atoms with Crippen molar-refractivity contribution >= 4 is 17.0 Å². The van der Waals surface area contributed by atoms with Gasteiger partial charge < -0.3 is 10.2 Å². The lowest BCUT2D eigenvalue weighted by atomic mass is 10.0. The van der Waals surface area contributed by atoms with Crippen LogP contribution in [0.1, 0.15) is 57.6 Å². The van der Waals surface area contributed by atoms with Gasteiger partial charge in [-0.25, -0.2) is 0 Å². The molecule has 1 aliphatic heterocycles. The summed E-state index contributed by atoms with van der Waals surface area (Å²) < 4.78 is 0. The highest BCUT2D eigenvalue weighted by atomic mass is 15.1. The minimum Gasteiger partial charge on any atom is -0.380 e. The average molecular weight is 363 g/mol. The van der Waals surface area contributed by atoms with Crippen LogP contribution in [0.15, 0.2) is 66.9 Å². The van der Waals surface area contributed by atoms with Crippen LogP contribution >= 0.6 is 0 Å². The largest absolute Gasteiger partial charge is 0.380 e. The molecule has 2 heteroatoms. The molecule has 3 rings (SSSR count). The summed E-state index contributed by atoms with van der Waals surface area (Å²) in [7, 11) is 2.17. The average Bonchev–Trinajstić information content (AvgIpc) is 2.95. The summed E-state index contributed by atoms with van der Waals surface area (Å²) in [6.45, 7) is 7.33. The van der Waals surface area contributed by atoms with Crippen molar-refractivity contribution in [3.05, 3.63) is 78.0 Å². The van der Waals surface area contributed by atoms with E-state index in [1.165, 1.54) is 41.7 Å². The zero-order chi connectivity index (χ0) is 19.5. The second-order valence-corrected chi connectivity index (χ2v) is 6.69. The molecule has 27 heavy (non-hydrogen) atoms. The molecule has 0 aromatic heterocycles. The highest BCUT2D eigenvalue weighted by molar-refractivity contribution is 5.77. The summed E-state index contributed by atoms with van der Waals surface area (Å²) in [5, 5.41) is 3.58. The molecule has 0 saturated heterocycles. The van der Waals surface area contributed by atoms with Gasteiger partial charge in [-0.05, 0) is 54.5 Å². The van der Waals surface area contributed by atoms with Crippen LogP contribution in [0.2, 0.25) is 0 Å². The van der Waals surface area contributed by atoms with Crippen LogP contribution in [0, 0.1) is 0 Å². The minimum atomic E-state index is 1.01. The number of allylic oxidation sites excluding steroid dienone is 2. The van der Waals surface area contributed by atoms with Gasteiger partial charge in [0.2, 0.25) is 0 Å². The maximum Gasteiger partial charge on any atom is 0.0417 e. The van der Waals surface area contributed by atoms with E-state index in [9.17, 15) is 0 Å². The molecule has 0 fully saturated rings. The van der Waals surface area contributed by atoms with E-state index in [2.05, 4.69) is 91.1 Å². The van der Waals surface area contributed by atoms with Crippen molar-refractivity contribution in [2.75, 3.05) is 18.9 Å². The first-order chi connectivity index (χ1) is 13.3. The molecule has 0 saturated carbocycles. The third-order valence-corrected chi connectivity index (χ3v) is 4.61. The molecule has 0 unspecified atom stereocenters. The number of hydrogen-bond acceptors (Lipinski definition) is 2. The number of anilines is 1. The highest BCUT2D eigenvalue weighted by Gasteiger charge is 2.08. The van der Waals surface area contributed by atoms with Gasteiger partial charge in [0.15, 0.2) is 0 Å². The summed E-state index contributed by atoms with van der Waals surface area (Å²) in [5.41, 5.74) is 6.31. The Morgan fingerprint density at radius 2 is 1.70 bits per heavy atom. The fourth-order valence-corrected chi connectivity index (χ4v) is 3.28. The third-order valence-electron chi connectivity index (χ3n) is 4.61. The molecule has 1 heterocycles. The van der Waals surface area contributed by atoms with Crippen molar-refractivity contribution < 1.29 is 0 Å². The molecule has 0 aliphatic carbocycles. The lowest BCUT2D eigenvalue weighted by molar-refractivity contribution is 0.450. The first kappa shape index (κ1) is 20.8. The minimum absolute atomic E-state index is 1.01. The smallest absolute Gasteiger partial charge is 0.0417 e. The van der Waals surface area contributed by atoms with Gasteiger partial charge in [-0.3, -0.25) is 0 Å². The van der Waals surface area contributed by atoms with Crippen LogP contribution < -0.4 is 5.32 Å². The van der Waals surface area contributed by atoms with E-state index in [1.54, 1.807) is 0 Å². The number of nitrogens with one attached hydrogen (secondary N) is 1. The summed E-state index contributed by atoms with van der Waals surface area (Å²) in [5.74, 6) is 0. The predicted molar refractivity (Wildman–Crippen MR) is 121 cm³/mol. The van der Waals surface area contributed by atoms with E-state index in [0.29, 0.717) is 0 Å². The molecular weight excluding hydrogens is 328 g/mol. The van der Waals surface area contributed by atoms with Crippen LogP contribution in [-0.2, 0) is 0 Å². The summed E-state index contributed by atoms with van der Waals surface area (Å²) in [4.78, 5) is 2.31. The number of nitrogens with zero attached hydrogens (tertiary/aromatic N) is 1. The van der Waals surface area contributed by atoms with Crippen molar-refractivity contribution in [1.29, 1.82) is 0 Å². The van der Waals surface area contributed by atoms with Crippen molar-refractivity contribution in [3.63, 3.8) is 0 Å². The highest BCUT2D eigenvalue weighted by Crippen LogP contribution is 2.26. The Balaban J connectivity index is 0.00000126. The number of hydrogen-bond donors (Lipinski definition) is 1. The molecule has 1 N–H and O–H groups in total. The third kappa shape index (κ3) is 6.32. The SMILES string of the molecule is CC.CC/C=C(/Nc1ccc(C2=CN(C)CCCC2)cc1)c1ccccc1. The fourth-order valence-electron chi connectivity index (χ4n) is 3.28. The molecule has 0 amide bonds. The first-order valence-electron chi connectivity index (χ1n) is 10.3. The van der Waals surface area contributed by atoms with Gasteiger partial charge in [0, 0.05) is 31.2 Å². The Hall–Kier alpha value is -2.48. The quantitative estimate of drug-likeness (QED) is 0.614. The molecule has 144 valence electrons. The second-order valence-electron chi connectivity index (χ2n) is 6.69. The maximum atomic E-state index is 3.58. The van der Waals surface area contributed by atoms with Crippen molar-refractivity contribution in [2.24, 2.45) is 0 Å². The monoisotopic (exact) mass is 362 g/mol. The molecule has 0 bridgehead atoms. The summed E-state index contributed by atoms with van der Waals surface area (Å²) >= 11 is 0. The Morgan fingerprint density at radius 3 is 2.37 bits per heavy atom. The molecule has 0 atom stereocenters. The topological polar surface area (TPSA) is 15.3 Å². The standard InChI is InChI=1S/C23H28N2.C2H6/c1-3-9-23(20-10-5-4-6-11-20)24-22-15-13-19(14-16-22)21-12-7-8-17-25(2)18-21;1-2/h4-6,9-11,13-16,18,24H,3,7-8,12,17H2,1-2H3;1-2H3/b23-9+;. The fraction of sp³-hybridized carbons (Fsp3) is 0.360. The molecular formula is C25H34N2. The van der Waals surface area contributed by atoms with Crippen molar-refractivity contribution in [2.45, 2.75) is 46.5 Å². The molecule has 0 spiro atoms. The lowest BCUT2D eigenvalue weighted by Gasteiger charge is -2.14. The van der Waals surface area contributed by atoms with E-state index in [-0.39, 0.29) is 0 Å². The van der Waals surface area contributed by atoms with Crippen molar-refractivity contribution in [1.82, 2.24) is 4.90 Å². The zero-order valence-corrected chi connectivity index (χ0v) is 17.3. The van der Waals surface area contributed by atoms with Gasteiger partial charge in [-0.2, -0.15) is 0 Å². The Kier molecular flexibility index (Phi) is 8.70. The van der Waals surface area contributed by atoms with Crippen molar-refractivity contribution in [3.8, 4) is 0 Å². The van der Waals surface area contributed by atoms with Gasteiger partial charge in [0.05, 0.1) is 0 Å². The molecule has 2 aromatic rings.